The Morgan fingerprint density at radius 2 is 1.94 bits per heavy atom. The molecule has 2 rings (SSSR count). The Kier molecular flexibility index (Phi) is 2.46. The molecule has 2 fully saturated rings. The van der Waals surface area contributed by atoms with Gasteiger partial charge in [0, 0.05) is 12.6 Å². The number of rotatable bonds is 4. The number of carboxylic acid groups (broad SMARTS) is 1. The fourth-order valence-electron chi connectivity index (χ4n) is 2.25. The minimum absolute atomic E-state index is 0.0219. The summed E-state index contributed by atoms with van der Waals surface area (Å²) in [7, 11) is 1.75. The predicted molar refractivity (Wildman–Crippen MR) is 53.3 cm³/mol. The van der Waals surface area contributed by atoms with Crippen molar-refractivity contribution >= 4 is 17.8 Å². The van der Waals surface area contributed by atoms with Crippen LogP contribution in [0.15, 0.2) is 0 Å². The van der Waals surface area contributed by atoms with Crippen molar-refractivity contribution in [3.63, 3.8) is 0 Å². The number of carboxylic acids is 1. The molecule has 16 heavy (non-hydrogen) atoms. The maximum Gasteiger partial charge on any atom is 0.308 e. The highest BCUT2D eigenvalue weighted by atomic mass is 16.4. The van der Waals surface area contributed by atoms with E-state index in [2.05, 4.69) is 5.32 Å². The van der Waals surface area contributed by atoms with Gasteiger partial charge in [0.25, 0.3) is 0 Å². The van der Waals surface area contributed by atoms with Crippen LogP contribution >= 0.6 is 0 Å². The number of imide groups is 1. The summed E-state index contributed by atoms with van der Waals surface area (Å²) in [5.41, 5.74) is 0. The largest absolute Gasteiger partial charge is 0.481 e. The molecule has 2 N–H and O–H groups in total. The highest BCUT2D eigenvalue weighted by Gasteiger charge is 2.70. The molecule has 0 spiro atoms. The van der Waals surface area contributed by atoms with E-state index in [1.54, 1.807) is 7.05 Å². The van der Waals surface area contributed by atoms with Crippen LogP contribution in [0.25, 0.3) is 0 Å². The SMILES string of the molecule is CNC(C)CN1C(=O)C2C(C(=O)O)C2C1=O. The molecule has 2 aliphatic rings. The van der Waals surface area contributed by atoms with E-state index >= 15 is 0 Å². The van der Waals surface area contributed by atoms with Gasteiger partial charge >= 0.3 is 5.97 Å². The molecule has 0 radical (unpaired) electrons. The summed E-state index contributed by atoms with van der Waals surface area (Å²) in [6.07, 6.45) is 0. The quantitative estimate of drug-likeness (QED) is 0.595. The number of piperidine rings is 1. The standard InChI is InChI=1S/C10H14N2O4/c1-4(11-2)3-12-8(13)5-6(9(12)14)7(5)10(15)16/h4-7,11H,3H2,1-2H3,(H,15,16). The summed E-state index contributed by atoms with van der Waals surface area (Å²) >= 11 is 0. The second kappa shape index (κ2) is 3.55. The molecular weight excluding hydrogens is 212 g/mol. The molecule has 3 atom stereocenters. The number of nitrogens with one attached hydrogen (secondary N) is 1. The van der Waals surface area contributed by atoms with Crippen molar-refractivity contribution in [1.82, 2.24) is 10.2 Å². The van der Waals surface area contributed by atoms with Crippen LogP contribution < -0.4 is 5.32 Å². The molecule has 1 aliphatic heterocycles. The van der Waals surface area contributed by atoms with E-state index in [9.17, 15) is 14.4 Å². The molecule has 6 nitrogen and oxygen atoms in total. The predicted octanol–water partition coefficient (Wildman–Crippen LogP) is -1.09. The number of hydrogen-bond donors (Lipinski definition) is 2. The van der Waals surface area contributed by atoms with Crippen LogP contribution in [-0.4, -0.2) is 47.4 Å². The summed E-state index contributed by atoms with van der Waals surface area (Å²) < 4.78 is 0. The zero-order valence-corrected chi connectivity index (χ0v) is 9.14. The summed E-state index contributed by atoms with van der Waals surface area (Å²) in [4.78, 5) is 35.4. The Bertz CT molecular complexity index is 346. The molecule has 88 valence electrons. The van der Waals surface area contributed by atoms with Crippen LogP contribution in [0.2, 0.25) is 0 Å². The van der Waals surface area contributed by atoms with Gasteiger partial charge in [-0.1, -0.05) is 0 Å². The normalized spacial score (nSPS) is 33.9. The molecule has 1 saturated carbocycles. The first-order valence-corrected chi connectivity index (χ1v) is 5.24. The smallest absolute Gasteiger partial charge is 0.308 e. The van der Waals surface area contributed by atoms with E-state index < -0.39 is 23.7 Å². The van der Waals surface area contributed by atoms with Crippen LogP contribution in [0.5, 0.6) is 0 Å². The van der Waals surface area contributed by atoms with Crippen molar-refractivity contribution in [1.29, 1.82) is 0 Å². The Labute approximate surface area is 92.6 Å². The third-order valence-corrected chi connectivity index (χ3v) is 3.36. The summed E-state index contributed by atoms with van der Waals surface area (Å²) in [5.74, 6) is -3.68. The molecule has 2 amide bonds. The van der Waals surface area contributed by atoms with Crippen molar-refractivity contribution in [2.45, 2.75) is 13.0 Å². The highest BCUT2D eigenvalue weighted by Crippen LogP contribution is 2.53. The summed E-state index contributed by atoms with van der Waals surface area (Å²) in [6, 6.07) is 0.0219. The minimum Gasteiger partial charge on any atom is -0.481 e. The van der Waals surface area contributed by atoms with Crippen LogP contribution in [0.1, 0.15) is 6.92 Å². The fraction of sp³-hybridized carbons (Fsp3) is 0.700. The van der Waals surface area contributed by atoms with Crippen molar-refractivity contribution in [3.05, 3.63) is 0 Å². The molecule has 0 bridgehead atoms. The molecular formula is C10H14N2O4. The van der Waals surface area contributed by atoms with E-state index in [-0.39, 0.29) is 17.9 Å². The third-order valence-electron chi connectivity index (χ3n) is 3.36. The molecule has 1 heterocycles. The van der Waals surface area contributed by atoms with Crippen LogP contribution in [0.4, 0.5) is 0 Å². The van der Waals surface area contributed by atoms with E-state index in [4.69, 9.17) is 5.11 Å². The first-order chi connectivity index (χ1) is 7.49. The number of likely N-dealkylation sites (tertiary alicyclic amines) is 1. The summed E-state index contributed by atoms with van der Waals surface area (Å²) in [5, 5.41) is 11.7. The van der Waals surface area contributed by atoms with E-state index in [1.165, 1.54) is 4.90 Å². The molecule has 0 aromatic rings. The molecule has 3 unspecified atom stereocenters. The van der Waals surface area contributed by atoms with E-state index in [0.29, 0.717) is 6.54 Å². The zero-order valence-electron chi connectivity index (χ0n) is 9.14. The lowest BCUT2D eigenvalue weighted by molar-refractivity contribution is -0.148. The van der Waals surface area contributed by atoms with Gasteiger partial charge in [-0.3, -0.25) is 19.3 Å². The maximum atomic E-state index is 11.7. The van der Waals surface area contributed by atoms with Gasteiger partial charge in [0.15, 0.2) is 0 Å². The van der Waals surface area contributed by atoms with Crippen molar-refractivity contribution < 1.29 is 19.5 Å². The Morgan fingerprint density at radius 3 is 2.31 bits per heavy atom. The highest BCUT2D eigenvalue weighted by molar-refractivity contribution is 6.13. The molecule has 6 heteroatoms. The Hall–Kier alpha value is -1.43. The number of amides is 2. The zero-order chi connectivity index (χ0) is 12.0. The number of carbonyl (C=O) groups excluding carboxylic acids is 2. The second-order valence-corrected chi connectivity index (χ2v) is 4.39. The average molecular weight is 226 g/mol. The number of aliphatic carboxylic acids is 1. The number of fused-ring (bicyclic) bond motifs is 1. The van der Waals surface area contributed by atoms with E-state index in [0.717, 1.165) is 0 Å². The molecule has 1 saturated heterocycles. The third kappa shape index (κ3) is 1.41. The fourth-order valence-corrected chi connectivity index (χ4v) is 2.25. The maximum absolute atomic E-state index is 11.7. The van der Waals surface area contributed by atoms with Crippen molar-refractivity contribution in [2.75, 3.05) is 13.6 Å². The van der Waals surface area contributed by atoms with Crippen LogP contribution in [0.3, 0.4) is 0 Å². The second-order valence-electron chi connectivity index (χ2n) is 4.39. The van der Waals surface area contributed by atoms with Gasteiger partial charge in [0.1, 0.15) is 0 Å². The number of hydrogen-bond acceptors (Lipinski definition) is 4. The molecule has 0 aromatic carbocycles. The van der Waals surface area contributed by atoms with Gasteiger partial charge in [-0.05, 0) is 14.0 Å². The van der Waals surface area contributed by atoms with Gasteiger partial charge in [-0.15, -0.1) is 0 Å². The van der Waals surface area contributed by atoms with Crippen LogP contribution in [-0.2, 0) is 14.4 Å². The van der Waals surface area contributed by atoms with Crippen LogP contribution in [0, 0.1) is 17.8 Å². The minimum atomic E-state index is -1.04. The Morgan fingerprint density at radius 1 is 1.44 bits per heavy atom. The Balaban J connectivity index is 2.05. The summed E-state index contributed by atoms with van der Waals surface area (Å²) in [6.45, 7) is 2.17. The first kappa shape index (κ1) is 11.1. The van der Waals surface area contributed by atoms with Crippen molar-refractivity contribution in [2.24, 2.45) is 17.8 Å². The lowest BCUT2D eigenvalue weighted by atomic mass is 10.2. The van der Waals surface area contributed by atoms with E-state index in [1.807, 2.05) is 6.92 Å². The lowest BCUT2D eigenvalue weighted by Gasteiger charge is -2.21. The van der Waals surface area contributed by atoms with Gasteiger partial charge in [0.2, 0.25) is 11.8 Å². The topological polar surface area (TPSA) is 86.7 Å². The monoisotopic (exact) mass is 226 g/mol. The lowest BCUT2D eigenvalue weighted by Crippen LogP contribution is -2.43. The first-order valence-electron chi connectivity index (χ1n) is 5.24. The molecule has 0 aromatic heterocycles. The van der Waals surface area contributed by atoms with Crippen molar-refractivity contribution in [3.8, 4) is 0 Å². The molecule has 1 aliphatic carbocycles. The van der Waals surface area contributed by atoms with Gasteiger partial charge in [0.05, 0.1) is 17.8 Å². The number of carbonyl (C=O) groups is 3. The van der Waals surface area contributed by atoms with Gasteiger partial charge < -0.3 is 10.4 Å². The number of likely N-dealkylation sites (N-methyl/N-ethyl adjacent to an activating group) is 1. The number of nitrogens with zero attached hydrogens (tertiary/aromatic N) is 1. The van der Waals surface area contributed by atoms with Gasteiger partial charge in [-0.25, -0.2) is 0 Å². The average Bonchev–Trinajstić information content (AvgIpc) is 2.93. The van der Waals surface area contributed by atoms with Gasteiger partial charge in [-0.2, -0.15) is 0 Å².